The van der Waals surface area contributed by atoms with E-state index in [1.807, 2.05) is 6.92 Å². The molecule has 0 aromatic heterocycles. The van der Waals surface area contributed by atoms with Gasteiger partial charge in [0.25, 0.3) is 11.8 Å². The molecular weight excluding hydrogens is 224 g/mol. The lowest BCUT2D eigenvalue weighted by molar-refractivity contribution is -0.128. The molecule has 0 unspecified atom stereocenters. The minimum Gasteiger partial charge on any atom is -0.272 e. The predicted octanol–water partition coefficient (Wildman–Crippen LogP) is 0.734. The number of carbonyl (C=O) groups is 2. The lowest BCUT2D eigenvalue weighted by atomic mass is 10.2. The van der Waals surface area contributed by atoms with Gasteiger partial charge < -0.3 is 0 Å². The van der Waals surface area contributed by atoms with Crippen LogP contribution in [0.1, 0.15) is 26.2 Å². The second-order valence-electron chi connectivity index (χ2n) is 2.28. The molecule has 0 aliphatic carbocycles. The van der Waals surface area contributed by atoms with Crippen LogP contribution in [0.3, 0.4) is 0 Å². The molecule has 0 atom stereocenters. The van der Waals surface area contributed by atoms with Crippen molar-refractivity contribution in [3.05, 3.63) is 0 Å². The highest BCUT2D eigenvalue weighted by Gasteiger charge is 2.03. The van der Waals surface area contributed by atoms with Gasteiger partial charge >= 0.3 is 0 Å². The van der Waals surface area contributed by atoms with Crippen molar-refractivity contribution in [1.82, 2.24) is 10.9 Å². The van der Waals surface area contributed by atoms with E-state index < -0.39 is 0 Å². The number of carbonyl (C=O) groups excluding carboxylic acids is 2. The zero-order chi connectivity index (χ0) is 9.40. The minimum atomic E-state index is -0.306. The Hall–Kier alpha value is -0.580. The molecular formula is C7H12BrN2O2. The molecule has 1 radical (unpaired) electrons. The van der Waals surface area contributed by atoms with Crippen LogP contribution >= 0.6 is 15.9 Å². The number of rotatable bonds is 4. The molecule has 0 heterocycles. The molecule has 0 aliphatic heterocycles. The summed E-state index contributed by atoms with van der Waals surface area (Å²) in [7, 11) is 0. The first-order valence-corrected chi connectivity index (χ1v) is 4.91. The molecule has 0 aromatic carbocycles. The van der Waals surface area contributed by atoms with E-state index >= 15 is 0 Å². The van der Waals surface area contributed by atoms with Gasteiger partial charge in [0.1, 0.15) is 0 Å². The highest BCUT2D eigenvalue weighted by Crippen LogP contribution is 1.92. The number of halogens is 1. The van der Waals surface area contributed by atoms with Crippen molar-refractivity contribution in [2.24, 2.45) is 0 Å². The van der Waals surface area contributed by atoms with Gasteiger partial charge in [-0.25, -0.2) is 5.43 Å². The summed E-state index contributed by atoms with van der Waals surface area (Å²) in [6.07, 6.45) is 2.17. The van der Waals surface area contributed by atoms with Crippen molar-refractivity contribution in [3.8, 4) is 0 Å². The zero-order valence-corrected chi connectivity index (χ0v) is 8.56. The van der Waals surface area contributed by atoms with Crippen molar-refractivity contribution in [3.63, 3.8) is 0 Å². The third-order valence-corrected chi connectivity index (χ3v) is 1.68. The Morgan fingerprint density at radius 1 is 1.50 bits per heavy atom. The summed E-state index contributed by atoms with van der Waals surface area (Å²) in [5, 5.41) is 0.164. The molecule has 0 bridgehead atoms. The fourth-order valence-electron chi connectivity index (χ4n) is 0.538. The molecule has 0 saturated heterocycles. The molecule has 4 nitrogen and oxygen atoms in total. The second kappa shape index (κ2) is 7.09. The van der Waals surface area contributed by atoms with E-state index in [0.29, 0.717) is 6.42 Å². The van der Waals surface area contributed by atoms with Gasteiger partial charge in [0.2, 0.25) is 0 Å². The number of alkyl halides is 1. The molecule has 0 rings (SSSR count). The average molecular weight is 236 g/mol. The Kier molecular flexibility index (Phi) is 6.75. The number of amides is 2. The van der Waals surface area contributed by atoms with Crippen LogP contribution in [0.4, 0.5) is 0 Å². The SMILES string of the molecule is CCCCC(=O)[N]NC(=O)CBr. The minimum absolute atomic E-state index is 0.164. The van der Waals surface area contributed by atoms with Gasteiger partial charge in [-0.05, 0) is 6.42 Å². The Morgan fingerprint density at radius 3 is 2.67 bits per heavy atom. The van der Waals surface area contributed by atoms with Crippen LogP contribution in [0.15, 0.2) is 0 Å². The molecule has 69 valence electrons. The topological polar surface area (TPSA) is 60.3 Å². The maximum atomic E-state index is 10.8. The fraction of sp³-hybridized carbons (Fsp3) is 0.714. The van der Waals surface area contributed by atoms with Gasteiger partial charge in [-0.2, -0.15) is 0 Å². The van der Waals surface area contributed by atoms with Gasteiger partial charge in [-0.1, -0.05) is 29.3 Å². The third kappa shape index (κ3) is 6.15. The summed E-state index contributed by atoms with van der Waals surface area (Å²) < 4.78 is 0. The summed E-state index contributed by atoms with van der Waals surface area (Å²) in [4.78, 5) is 21.4. The van der Waals surface area contributed by atoms with Gasteiger partial charge in [-0.3, -0.25) is 9.59 Å². The first kappa shape index (κ1) is 11.4. The monoisotopic (exact) mass is 235 g/mol. The summed E-state index contributed by atoms with van der Waals surface area (Å²) in [5.74, 6) is -0.578. The fourth-order valence-corrected chi connectivity index (χ4v) is 0.664. The summed E-state index contributed by atoms with van der Waals surface area (Å²) in [6, 6.07) is 0. The lowest BCUT2D eigenvalue weighted by Gasteiger charge is -2.00. The number of hydrogen-bond acceptors (Lipinski definition) is 2. The highest BCUT2D eigenvalue weighted by atomic mass is 79.9. The molecule has 2 amide bonds. The van der Waals surface area contributed by atoms with Crippen molar-refractivity contribution < 1.29 is 9.59 Å². The van der Waals surface area contributed by atoms with Gasteiger partial charge in [0.15, 0.2) is 0 Å². The van der Waals surface area contributed by atoms with Crippen LogP contribution in [0, 0.1) is 0 Å². The van der Waals surface area contributed by atoms with E-state index in [1.165, 1.54) is 0 Å². The number of unbranched alkanes of at least 4 members (excludes halogenated alkanes) is 1. The zero-order valence-electron chi connectivity index (χ0n) is 6.97. The lowest BCUT2D eigenvalue weighted by Crippen LogP contribution is -2.35. The van der Waals surface area contributed by atoms with Crippen molar-refractivity contribution in [2.75, 3.05) is 5.33 Å². The Morgan fingerprint density at radius 2 is 2.17 bits per heavy atom. The van der Waals surface area contributed by atoms with Crippen molar-refractivity contribution >= 4 is 27.7 Å². The molecule has 0 aromatic rings. The Labute approximate surface area is 80.2 Å². The van der Waals surface area contributed by atoms with Gasteiger partial charge in [-0.15, -0.1) is 5.43 Å². The van der Waals surface area contributed by atoms with Crippen molar-refractivity contribution in [2.45, 2.75) is 26.2 Å². The van der Waals surface area contributed by atoms with E-state index in [4.69, 9.17) is 0 Å². The third-order valence-electron chi connectivity index (χ3n) is 1.17. The van der Waals surface area contributed by atoms with E-state index in [1.54, 1.807) is 0 Å². The largest absolute Gasteiger partial charge is 0.272 e. The van der Waals surface area contributed by atoms with Crippen molar-refractivity contribution in [1.29, 1.82) is 0 Å². The summed E-state index contributed by atoms with van der Waals surface area (Å²) >= 11 is 2.93. The Balaban J connectivity index is 3.37. The smallest absolute Gasteiger partial charge is 0.262 e. The first-order chi connectivity index (χ1) is 5.70. The molecule has 0 saturated carbocycles. The van der Waals surface area contributed by atoms with Crippen LogP contribution in [0.25, 0.3) is 0 Å². The van der Waals surface area contributed by atoms with Crippen LogP contribution in [0.5, 0.6) is 0 Å². The predicted molar refractivity (Wildman–Crippen MR) is 48.6 cm³/mol. The van der Waals surface area contributed by atoms with E-state index in [-0.39, 0.29) is 17.1 Å². The molecule has 12 heavy (non-hydrogen) atoms. The molecule has 0 fully saturated rings. The van der Waals surface area contributed by atoms with Gasteiger partial charge in [0.05, 0.1) is 5.33 Å². The van der Waals surface area contributed by atoms with E-state index in [9.17, 15) is 9.59 Å². The molecule has 1 N–H and O–H groups in total. The maximum absolute atomic E-state index is 10.8. The summed E-state index contributed by atoms with van der Waals surface area (Å²) in [6.45, 7) is 1.99. The van der Waals surface area contributed by atoms with E-state index in [0.717, 1.165) is 12.8 Å². The molecule has 0 aliphatic rings. The van der Waals surface area contributed by atoms with E-state index in [2.05, 4.69) is 26.8 Å². The maximum Gasteiger partial charge on any atom is 0.262 e. The first-order valence-electron chi connectivity index (χ1n) is 3.79. The Bertz CT molecular complexity index is 161. The number of nitrogens with zero attached hydrogens (tertiary/aromatic N) is 1. The normalized spacial score (nSPS) is 9.17. The average Bonchev–Trinajstić information content (AvgIpc) is 2.10. The van der Waals surface area contributed by atoms with Crippen LogP contribution in [-0.4, -0.2) is 17.1 Å². The number of nitrogens with one attached hydrogen (secondary N) is 1. The second-order valence-corrected chi connectivity index (χ2v) is 2.84. The molecule has 0 spiro atoms. The summed E-state index contributed by atoms with van der Waals surface area (Å²) in [5.41, 5.74) is 5.49. The van der Waals surface area contributed by atoms with Crippen LogP contribution in [0.2, 0.25) is 0 Å². The number of hydrogen-bond donors (Lipinski definition) is 1. The standard InChI is InChI=1S/C7H12BrN2O2/c1-2-3-4-6(11)9-10-7(12)5-8/h2-5H2,1H3,(H,10,12). The highest BCUT2D eigenvalue weighted by molar-refractivity contribution is 9.09. The van der Waals surface area contributed by atoms with Gasteiger partial charge in [0, 0.05) is 6.42 Å². The van der Waals surface area contributed by atoms with Crippen LogP contribution in [-0.2, 0) is 9.59 Å². The van der Waals surface area contributed by atoms with Crippen LogP contribution < -0.4 is 10.9 Å². The molecule has 5 heteroatoms. The quantitative estimate of drug-likeness (QED) is 0.577.